The predicted molar refractivity (Wildman–Crippen MR) is 113 cm³/mol. The van der Waals surface area contributed by atoms with Gasteiger partial charge >= 0.3 is 12.1 Å². The zero-order valence-corrected chi connectivity index (χ0v) is 18.2. The van der Waals surface area contributed by atoms with Crippen LogP contribution in [-0.2, 0) is 25.7 Å². The number of aliphatic carboxylic acids is 1. The molecule has 3 aliphatic heterocycles. The number of carboxylic acid groups (broad SMARTS) is 1. The Bertz CT molecular complexity index is 1260. The molecule has 2 saturated heterocycles. The van der Waals surface area contributed by atoms with Gasteiger partial charge in [0.05, 0.1) is 23.6 Å². The second kappa shape index (κ2) is 9.26. The van der Waals surface area contributed by atoms with Crippen LogP contribution in [0.15, 0.2) is 60.7 Å². The second-order valence-electron chi connectivity index (χ2n) is 8.31. The topological polar surface area (TPSA) is 95.0 Å². The molecular formula is C24H17F5N2O5. The lowest BCUT2D eigenvalue weighted by Crippen LogP contribution is -2.48. The maximum absolute atomic E-state index is 14.2. The molecule has 7 nitrogen and oxygen atoms in total. The smallest absolute Gasteiger partial charge is 0.475 e. The molecule has 3 heterocycles. The first-order valence-electron chi connectivity index (χ1n) is 10.6. The van der Waals surface area contributed by atoms with E-state index in [9.17, 15) is 36.3 Å². The molecule has 2 amide bonds. The Morgan fingerprint density at radius 1 is 0.944 bits per heavy atom. The summed E-state index contributed by atoms with van der Waals surface area (Å²) in [7, 11) is 0. The van der Waals surface area contributed by atoms with Gasteiger partial charge in [-0.05, 0) is 36.4 Å². The van der Waals surface area contributed by atoms with Crippen LogP contribution >= 0.6 is 0 Å². The molecule has 3 aliphatic rings. The Hall–Kier alpha value is -3.93. The summed E-state index contributed by atoms with van der Waals surface area (Å²) in [5.74, 6) is -6.62. The van der Waals surface area contributed by atoms with E-state index in [2.05, 4.69) is 0 Å². The van der Waals surface area contributed by atoms with Gasteiger partial charge in [-0.1, -0.05) is 24.3 Å². The monoisotopic (exact) mass is 508 g/mol. The van der Waals surface area contributed by atoms with Gasteiger partial charge in [0.25, 0.3) is 0 Å². The van der Waals surface area contributed by atoms with Crippen molar-refractivity contribution in [2.75, 3.05) is 4.90 Å². The molecule has 0 spiro atoms. The fourth-order valence-electron chi connectivity index (χ4n) is 4.76. The summed E-state index contributed by atoms with van der Waals surface area (Å²) in [6.07, 6.45) is -2.10. The molecule has 188 valence electrons. The lowest BCUT2D eigenvalue weighted by molar-refractivity contribution is -0.192. The first-order chi connectivity index (χ1) is 16.9. The SMILES string of the molecule is O=C(O)C(F)(F)F.O=C1C=CC2C3C(=O)N(c4ccccc4)C(=O)C3C1N2Cc1cc(F)ccc1F. The number of carbonyl (C=O) groups excluding carboxylic acids is 3. The maximum atomic E-state index is 14.2. The molecule has 0 radical (unpaired) electrons. The van der Waals surface area contributed by atoms with Crippen molar-refractivity contribution in [1.29, 1.82) is 0 Å². The Kier molecular flexibility index (Phi) is 6.48. The number of fused-ring (bicyclic) bond motifs is 5. The summed E-state index contributed by atoms with van der Waals surface area (Å²) in [5.41, 5.74) is 0.553. The third-order valence-electron chi connectivity index (χ3n) is 6.21. The molecule has 2 aromatic carbocycles. The largest absolute Gasteiger partial charge is 0.490 e. The van der Waals surface area contributed by atoms with E-state index in [4.69, 9.17) is 9.90 Å². The number of alkyl halides is 3. The first-order valence-corrected chi connectivity index (χ1v) is 10.6. The number of imide groups is 1. The molecule has 12 heteroatoms. The van der Waals surface area contributed by atoms with Crippen LogP contribution in [0.4, 0.5) is 27.6 Å². The average molecular weight is 508 g/mol. The van der Waals surface area contributed by atoms with Gasteiger partial charge in [-0.25, -0.2) is 18.5 Å². The zero-order chi connectivity index (χ0) is 26.4. The molecule has 4 atom stereocenters. The number of carboxylic acids is 1. The Balaban J connectivity index is 0.000000384. The standard InChI is InChI=1S/C22H16F2N2O3.C2HF3O2/c23-13-6-7-15(24)12(10-13)11-25-16-8-9-17(27)20(25)19-18(16)21(28)26(22(19)29)14-4-2-1-3-5-14;3-2(4,5)1(6)7/h1-10,16,18-20H,11H2;(H,6,7). The summed E-state index contributed by atoms with van der Waals surface area (Å²) in [6, 6.07) is 10.3. The van der Waals surface area contributed by atoms with Crippen molar-refractivity contribution in [3.63, 3.8) is 0 Å². The summed E-state index contributed by atoms with van der Waals surface area (Å²) < 4.78 is 59.5. The van der Waals surface area contributed by atoms with Gasteiger partial charge in [0, 0.05) is 18.2 Å². The number of amides is 2. The number of ketones is 1. The highest BCUT2D eigenvalue weighted by Gasteiger charge is 2.64. The van der Waals surface area contributed by atoms with E-state index in [1.807, 2.05) is 0 Å². The molecule has 5 rings (SSSR count). The molecular weight excluding hydrogens is 491 g/mol. The number of halogens is 5. The second-order valence-corrected chi connectivity index (χ2v) is 8.31. The van der Waals surface area contributed by atoms with E-state index in [1.54, 1.807) is 41.3 Å². The summed E-state index contributed by atoms with van der Waals surface area (Å²) >= 11 is 0. The lowest BCUT2D eigenvalue weighted by Gasteiger charge is -2.33. The van der Waals surface area contributed by atoms with Crippen molar-refractivity contribution in [3.05, 3.63) is 77.9 Å². The normalized spacial score (nSPS) is 25.0. The third-order valence-corrected chi connectivity index (χ3v) is 6.21. The maximum Gasteiger partial charge on any atom is 0.490 e. The Labute approximate surface area is 200 Å². The molecule has 0 aliphatic carbocycles. The number of hydrogen-bond acceptors (Lipinski definition) is 5. The molecule has 36 heavy (non-hydrogen) atoms. The molecule has 4 unspecified atom stereocenters. The number of hydrogen-bond donors (Lipinski definition) is 1. The van der Waals surface area contributed by atoms with E-state index in [-0.39, 0.29) is 23.8 Å². The summed E-state index contributed by atoms with van der Waals surface area (Å²) in [6.45, 7) is -0.0616. The number of carbonyl (C=O) groups is 4. The van der Waals surface area contributed by atoms with E-state index in [0.29, 0.717) is 5.69 Å². The number of nitrogens with zero attached hydrogens (tertiary/aromatic N) is 2. The van der Waals surface area contributed by atoms with E-state index < -0.39 is 53.6 Å². The van der Waals surface area contributed by atoms with E-state index in [0.717, 1.165) is 23.1 Å². The van der Waals surface area contributed by atoms with Crippen LogP contribution in [0.3, 0.4) is 0 Å². The molecule has 2 aromatic rings. The van der Waals surface area contributed by atoms with Crippen LogP contribution in [0, 0.1) is 23.5 Å². The average Bonchev–Trinajstić information content (AvgIpc) is 3.20. The van der Waals surface area contributed by atoms with Gasteiger partial charge in [0.2, 0.25) is 11.8 Å². The van der Waals surface area contributed by atoms with Gasteiger partial charge in [-0.3, -0.25) is 19.3 Å². The minimum atomic E-state index is -5.08. The molecule has 0 aromatic heterocycles. The van der Waals surface area contributed by atoms with Crippen LogP contribution in [0.25, 0.3) is 0 Å². The molecule has 0 saturated carbocycles. The number of benzene rings is 2. The summed E-state index contributed by atoms with van der Waals surface area (Å²) in [5, 5.41) is 7.12. The highest BCUT2D eigenvalue weighted by molar-refractivity contribution is 6.24. The van der Waals surface area contributed by atoms with Crippen molar-refractivity contribution in [2.24, 2.45) is 11.8 Å². The van der Waals surface area contributed by atoms with Crippen LogP contribution in [-0.4, -0.2) is 51.8 Å². The minimum Gasteiger partial charge on any atom is -0.475 e. The predicted octanol–water partition coefficient (Wildman–Crippen LogP) is 3.10. The Morgan fingerprint density at radius 3 is 2.17 bits per heavy atom. The third kappa shape index (κ3) is 4.39. The van der Waals surface area contributed by atoms with Crippen LogP contribution in [0.5, 0.6) is 0 Å². The number of para-hydroxylation sites is 1. The van der Waals surface area contributed by atoms with Gasteiger partial charge < -0.3 is 5.11 Å². The van der Waals surface area contributed by atoms with Crippen LogP contribution in [0.1, 0.15) is 5.56 Å². The van der Waals surface area contributed by atoms with Gasteiger partial charge in [-0.2, -0.15) is 13.2 Å². The molecule has 2 fully saturated rings. The van der Waals surface area contributed by atoms with E-state index >= 15 is 0 Å². The van der Waals surface area contributed by atoms with Crippen molar-refractivity contribution < 1.29 is 46.2 Å². The van der Waals surface area contributed by atoms with Crippen molar-refractivity contribution >= 4 is 29.3 Å². The lowest BCUT2D eigenvalue weighted by atomic mass is 9.90. The number of anilines is 1. The van der Waals surface area contributed by atoms with Crippen LogP contribution in [0.2, 0.25) is 0 Å². The van der Waals surface area contributed by atoms with E-state index in [1.165, 1.54) is 6.08 Å². The van der Waals surface area contributed by atoms with Crippen molar-refractivity contribution in [1.82, 2.24) is 4.90 Å². The minimum absolute atomic E-state index is 0.0616. The fraction of sp³-hybridized carbons (Fsp3) is 0.250. The van der Waals surface area contributed by atoms with Gasteiger partial charge in [0.1, 0.15) is 11.6 Å². The molecule has 1 N–H and O–H groups in total. The van der Waals surface area contributed by atoms with Crippen molar-refractivity contribution in [2.45, 2.75) is 24.8 Å². The van der Waals surface area contributed by atoms with Crippen LogP contribution < -0.4 is 4.90 Å². The number of rotatable bonds is 3. The summed E-state index contributed by atoms with van der Waals surface area (Å²) in [4.78, 5) is 50.7. The quantitative estimate of drug-likeness (QED) is 0.506. The first kappa shape index (κ1) is 25.2. The highest BCUT2D eigenvalue weighted by Crippen LogP contribution is 2.47. The van der Waals surface area contributed by atoms with Gasteiger partial charge in [-0.15, -0.1) is 0 Å². The van der Waals surface area contributed by atoms with Gasteiger partial charge in [0.15, 0.2) is 5.78 Å². The zero-order valence-electron chi connectivity index (χ0n) is 18.2. The fourth-order valence-corrected chi connectivity index (χ4v) is 4.76. The van der Waals surface area contributed by atoms with Crippen molar-refractivity contribution in [3.8, 4) is 0 Å². The molecule has 2 bridgehead atoms. The Morgan fingerprint density at radius 2 is 1.56 bits per heavy atom. The highest BCUT2D eigenvalue weighted by atomic mass is 19.4.